The Morgan fingerprint density at radius 3 is 2.36 bits per heavy atom. The Morgan fingerprint density at radius 1 is 1.21 bits per heavy atom. The largest absolute Gasteiger partial charge is 0.360 e. The van der Waals surface area contributed by atoms with E-state index in [1.165, 1.54) is 5.56 Å². The quantitative estimate of drug-likeness (QED) is 0.558. The maximum absolute atomic E-state index is 4.26. The van der Waals surface area contributed by atoms with Gasteiger partial charge in [-0.1, -0.05) is 32.0 Å². The van der Waals surface area contributed by atoms with Gasteiger partial charge in [-0.25, -0.2) is 0 Å². The van der Waals surface area contributed by atoms with Crippen LogP contribution in [0, 0.1) is 6.92 Å². The van der Waals surface area contributed by atoms with Gasteiger partial charge in [-0.15, -0.1) is 5.71 Å². The van der Waals surface area contributed by atoms with Gasteiger partial charge in [-0.05, 0) is 18.1 Å². The molecule has 0 saturated carbocycles. The standard InChI is InChI=1S/C9H8N.C2H6.W.Y/c1-7-6-8-4-2-3-5-9(8)10-7;1-2;;/h2-5H,1,6H2;1-2H3;;/q-1;;;. The van der Waals surface area contributed by atoms with Gasteiger partial charge in [0.25, 0.3) is 0 Å². The van der Waals surface area contributed by atoms with E-state index in [1.807, 2.05) is 32.0 Å². The third-order valence-corrected chi connectivity index (χ3v) is 1.66. The molecule has 1 radical (unpaired) electrons. The van der Waals surface area contributed by atoms with Crippen LogP contribution in [0.25, 0.3) is 0 Å². The van der Waals surface area contributed by atoms with Crippen LogP contribution in [-0.2, 0) is 60.2 Å². The Hall–Kier alpha value is 0.552. The molecule has 0 aromatic heterocycles. The summed E-state index contributed by atoms with van der Waals surface area (Å²) in [4.78, 5) is 4.26. The maximum Gasteiger partial charge on any atom is 0.0633 e. The van der Waals surface area contributed by atoms with Gasteiger partial charge >= 0.3 is 0 Å². The van der Waals surface area contributed by atoms with E-state index in [9.17, 15) is 0 Å². The van der Waals surface area contributed by atoms with Crippen molar-refractivity contribution in [2.24, 2.45) is 4.99 Å². The van der Waals surface area contributed by atoms with E-state index in [4.69, 9.17) is 0 Å². The van der Waals surface area contributed by atoms with Crippen LogP contribution in [-0.4, -0.2) is 5.71 Å². The summed E-state index contributed by atoms with van der Waals surface area (Å²) >= 11 is 0. The molecule has 1 aromatic rings. The first-order valence-corrected chi connectivity index (χ1v) is 4.34. The van der Waals surface area contributed by atoms with Crippen molar-refractivity contribution >= 4 is 11.4 Å². The number of para-hydroxylation sites is 1. The molecule has 0 unspecified atom stereocenters. The molecule has 73 valence electrons. The Kier molecular flexibility index (Phi) is 10.7. The van der Waals surface area contributed by atoms with Gasteiger partial charge in [-0.3, -0.25) is 4.99 Å². The zero-order chi connectivity index (χ0) is 8.97. The minimum atomic E-state index is 0. The van der Waals surface area contributed by atoms with Crippen molar-refractivity contribution in [3.8, 4) is 0 Å². The Bertz CT molecular complexity index is 297. The van der Waals surface area contributed by atoms with E-state index in [0.717, 1.165) is 17.8 Å². The van der Waals surface area contributed by atoms with Gasteiger partial charge in [0.1, 0.15) is 0 Å². The second kappa shape index (κ2) is 8.83. The first kappa shape index (κ1) is 17.0. The van der Waals surface area contributed by atoms with E-state index in [2.05, 4.69) is 18.0 Å². The van der Waals surface area contributed by atoms with Crippen LogP contribution in [0.2, 0.25) is 0 Å². The molecule has 0 amide bonds. The van der Waals surface area contributed by atoms with Crippen molar-refractivity contribution in [1.82, 2.24) is 0 Å². The van der Waals surface area contributed by atoms with Crippen LogP contribution in [0.1, 0.15) is 19.4 Å². The molecule has 1 nitrogen and oxygen atoms in total. The van der Waals surface area contributed by atoms with Crippen molar-refractivity contribution < 1.29 is 53.8 Å². The van der Waals surface area contributed by atoms with Crippen molar-refractivity contribution in [1.29, 1.82) is 0 Å². The number of aliphatic imine (C=N–C) groups is 1. The first-order valence-electron chi connectivity index (χ1n) is 4.34. The molecule has 0 atom stereocenters. The fourth-order valence-electron chi connectivity index (χ4n) is 1.20. The molecule has 2 rings (SSSR count). The number of rotatable bonds is 0. The third-order valence-electron chi connectivity index (χ3n) is 1.66. The van der Waals surface area contributed by atoms with Gasteiger partial charge < -0.3 is 6.92 Å². The summed E-state index contributed by atoms with van der Waals surface area (Å²) < 4.78 is 0. The number of hydrogen-bond acceptors (Lipinski definition) is 1. The number of hydrogen-bond donors (Lipinski definition) is 0. The predicted octanol–water partition coefficient (Wildman–Crippen LogP) is 3.17. The van der Waals surface area contributed by atoms with Crippen LogP contribution >= 0.6 is 0 Å². The van der Waals surface area contributed by atoms with E-state index < -0.39 is 0 Å². The third kappa shape index (κ3) is 4.38. The van der Waals surface area contributed by atoms with Gasteiger partial charge in [0.2, 0.25) is 0 Å². The zero-order valence-electron chi connectivity index (χ0n) is 8.66. The molecule has 14 heavy (non-hydrogen) atoms. The van der Waals surface area contributed by atoms with Crippen LogP contribution < -0.4 is 0 Å². The van der Waals surface area contributed by atoms with E-state index in [0.29, 0.717) is 0 Å². The zero-order valence-corrected chi connectivity index (χ0v) is 14.4. The summed E-state index contributed by atoms with van der Waals surface area (Å²) in [5.74, 6) is 0. The van der Waals surface area contributed by atoms with Crippen LogP contribution in [0.15, 0.2) is 29.3 Å². The topological polar surface area (TPSA) is 12.4 Å². The molecular formula is C11H14NWY-. The Labute approximate surface area is 126 Å². The maximum atomic E-state index is 4.26. The van der Waals surface area contributed by atoms with Crippen molar-refractivity contribution in [2.75, 3.05) is 0 Å². The summed E-state index contributed by atoms with van der Waals surface area (Å²) in [6, 6.07) is 8.15. The Morgan fingerprint density at radius 2 is 1.79 bits per heavy atom. The molecule has 0 aliphatic carbocycles. The predicted molar refractivity (Wildman–Crippen MR) is 53.9 cm³/mol. The van der Waals surface area contributed by atoms with E-state index >= 15 is 0 Å². The van der Waals surface area contributed by atoms with E-state index in [-0.39, 0.29) is 53.8 Å². The monoisotopic (exact) mass is 433 g/mol. The molecule has 0 fully saturated rings. The number of fused-ring (bicyclic) bond motifs is 1. The summed E-state index contributed by atoms with van der Waals surface area (Å²) in [6.07, 6.45) is 0.927. The summed E-state index contributed by atoms with van der Waals surface area (Å²) in [7, 11) is 0. The second-order valence-corrected chi connectivity index (χ2v) is 2.48. The number of benzene rings is 1. The fourth-order valence-corrected chi connectivity index (χ4v) is 1.20. The molecule has 1 aromatic carbocycles. The molecule has 0 saturated heterocycles. The fraction of sp³-hybridized carbons (Fsp3) is 0.273. The number of nitrogens with zero attached hydrogens (tertiary/aromatic N) is 1. The van der Waals surface area contributed by atoms with Crippen molar-refractivity contribution in [3.05, 3.63) is 36.8 Å². The second-order valence-electron chi connectivity index (χ2n) is 2.48. The summed E-state index contributed by atoms with van der Waals surface area (Å²) in [6.45, 7) is 7.80. The van der Waals surface area contributed by atoms with Gasteiger partial charge in [0, 0.05) is 53.8 Å². The molecule has 0 bridgehead atoms. The molecule has 1 heterocycles. The average molecular weight is 433 g/mol. The molecule has 1 aliphatic rings. The minimum Gasteiger partial charge on any atom is -0.360 e. The van der Waals surface area contributed by atoms with E-state index in [1.54, 1.807) is 0 Å². The molecule has 0 spiro atoms. The van der Waals surface area contributed by atoms with Crippen LogP contribution in [0.5, 0.6) is 0 Å². The van der Waals surface area contributed by atoms with Crippen molar-refractivity contribution in [2.45, 2.75) is 20.3 Å². The molecule has 1 aliphatic heterocycles. The van der Waals surface area contributed by atoms with Crippen molar-refractivity contribution in [3.63, 3.8) is 0 Å². The van der Waals surface area contributed by atoms with Crippen LogP contribution in [0.3, 0.4) is 0 Å². The first-order chi connectivity index (χ1) is 5.86. The van der Waals surface area contributed by atoms with Gasteiger partial charge in [-0.2, -0.15) is 0 Å². The minimum absolute atomic E-state index is 0. The molecule has 3 heteroatoms. The summed E-state index contributed by atoms with van der Waals surface area (Å²) in [5, 5.41) is 0. The normalized spacial score (nSPS) is 10.9. The SMILES string of the molecule is CC.[CH2-]C1=Nc2ccccc2C1.[W].[Y]. The van der Waals surface area contributed by atoms with Crippen LogP contribution in [0.4, 0.5) is 5.69 Å². The van der Waals surface area contributed by atoms with Gasteiger partial charge in [0.15, 0.2) is 0 Å². The molecule has 0 N–H and O–H groups in total. The summed E-state index contributed by atoms with van der Waals surface area (Å²) in [5.41, 5.74) is 3.36. The smallest absolute Gasteiger partial charge is 0.0633 e. The average Bonchev–Trinajstić information content (AvgIpc) is 2.48. The van der Waals surface area contributed by atoms with Gasteiger partial charge in [0.05, 0.1) is 5.69 Å². The molecular weight excluding hydrogens is 419 g/mol. The Balaban J connectivity index is 0.